The van der Waals surface area contributed by atoms with Crippen LogP contribution in [0.5, 0.6) is 5.88 Å². The van der Waals surface area contributed by atoms with E-state index < -0.39 is 11.2 Å². The van der Waals surface area contributed by atoms with Crippen molar-refractivity contribution in [3.05, 3.63) is 47.4 Å². The quantitative estimate of drug-likeness (QED) is 0.408. The van der Waals surface area contributed by atoms with E-state index >= 15 is 0 Å². The molecular formula is C30H38N6O5. The van der Waals surface area contributed by atoms with Crippen LogP contribution in [0.4, 0.5) is 16.4 Å². The molecule has 0 saturated carbocycles. The third kappa shape index (κ3) is 6.04. The average Bonchev–Trinajstić information content (AvgIpc) is 2.83. The molecular weight excluding hydrogens is 524 g/mol. The number of fused-ring (bicyclic) bond motifs is 2. The highest BCUT2D eigenvalue weighted by Crippen LogP contribution is 2.35. The lowest BCUT2D eigenvalue weighted by molar-refractivity contribution is -0.0228. The Morgan fingerprint density at radius 3 is 2.49 bits per heavy atom. The molecule has 41 heavy (non-hydrogen) atoms. The molecule has 2 aliphatic heterocycles. The van der Waals surface area contributed by atoms with Gasteiger partial charge in [0.25, 0.3) is 0 Å². The predicted molar refractivity (Wildman–Crippen MR) is 155 cm³/mol. The van der Waals surface area contributed by atoms with E-state index in [2.05, 4.69) is 34.4 Å². The van der Waals surface area contributed by atoms with Crippen molar-refractivity contribution in [2.45, 2.75) is 77.7 Å². The number of ether oxygens (including phenoxy) is 3. The molecule has 0 atom stereocenters. The number of esters is 1. The normalized spacial score (nSPS) is 17.0. The monoisotopic (exact) mass is 562 g/mol. The summed E-state index contributed by atoms with van der Waals surface area (Å²) >= 11 is 0. The van der Waals surface area contributed by atoms with Gasteiger partial charge in [-0.1, -0.05) is 0 Å². The summed E-state index contributed by atoms with van der Waals surface area (Å²) in [5, 5.41) is 8.31. The molecule has 3 aromatic heterocycles. The minimum Gasteiger partial charge on any atom is -0.470 e. The Morgan fingerprint density at radius 1 is 1.07 bits per heavy atom. The van der Waals surface area contributed by atoms with Crippen molar-refractivity contribution in [3.63, 3.8) is 0 Å². The molecule has 1 amide bonds. The molecule has 0 bridgehead atoms. The Hall–Kier alpha value is -3.99. The van der Waals surface area contributed by atoms with Crippen LogP contribution in [0.15, 0.2) is 30.6 Å². The third-order valence-electron chi connectivity index (χ3n) is 7.22. The second-order valence-corrected chi connectivity index (χ2v) is 12.7. The van der Waals surface area contributed by atoms with Gasteiger partial charge in [0.1, 0.15) is 28.9 Å². The largest absolute Gasteiger partial charge is 0.470 e. The molecule has 2 aliphatic rings. The summed E-state index contributed by atoms with van der Waals surface area (Å²) in [6, 6.07) is 5.43. The van der Waals surface area contributed by atoms with E-state index in [9.17, 15) is 9.59 Å². The van der Waals surface area contributed by atoms with Crippen LogP contribution in [0.25, 0.3) is 10.8 Å². The Morgan fingerprint density at radius 2 is 1.80 bits per heavy atom. The second kappa shape index (κ2) is 10.1. The standard InChI is InChI=1S/C30H38N6O5/c1-28(2,3)41-27(38)36-15-17(16-36)39-25-20-13-32-24(11-19(20)21(14-33-25)30(6,7)31-8)35-23-10-9-18-22(34-23)12-29(4,5)40-26(18)37/h9-11,13-14,17,31H,12,15-16H2,1-8H3,(H,32,34,35). The van der Waals surface area contributed by atoms with Crippen LogP contribution in [0, 0.1) is 0 Å². The number of carbonyl (C=O) groups excluding carboxylic acids is 2. The van der Waals surface area contributed by atoms with E-state index in [0.29, 0.717) is 48.3 Å². The van der Waals surface area contributed by atoms with Gasteiger partial charge >= 0.3 is 12.1 Å². The van der Waals surface area contributed by atoms with Crippen molar-refractivity contribution in [2.24, 2.45) is 0 Å². The maximum Gasteiger partial charge on any atom is 0.410 e. The van der Waals surface area contributed by atoms with Crippen molar-refractivity contribution in [2.75, 3.05) is 25.5 Å². The van der Waals surface area contributed by atoms with Crippen LogP contribution < -0.4 is 15.4 Å². The third-order valence-corrected chi connectivity index (χ3v) is 7.22. The zero-order valence-electron chi connectivity index (χ0n) is 24.9. The molecule has 3 aromatic rings. The summed E-state index contributed by atoms with van der Waals surface area (Å²) in [6.45, 7) is 14.3. The minimum atomic E-state index is -0.613. The molecule has 11 heteroatoms. The van der Waals surface area contributed by atoms with Crippen LogP contribution in [0.3, 0.4) is 0 Å². The number of hydrogen-bond donors (Lipinski definition) is 2. The number of rotatable bonds is 6. The summed E-state index contributed by atoms with van der Waals surface area (Å²) in [7, 11) is 1.90. The summed E-state index contributed by atoms with van der Waals surface area (Å²) in [6.07, 6.45) is 3.52. The van der Waals surface area contributed by atoms with Crippen molar-refractivity contribution in [1.82, 2.24) is 25.2 Å². The Kier molecular flexibility index (Phi) is 7.05. The SMILES string of the molecule is CNC(C)(C)c1cnc(OC2CN(C(=O)OC(C)(C)C)C2)c2cnc(Nc3ccc4c(n3)CC(C)(C)OC4=O)cc12. The average molecular weight is 563 g/mol. The highest BCUT2D eigenvalue weighted by molar-refractivity contribution is 5.93. The van der Waals surface area contributed by atoms with Crippen LogP contribution in [-0.4, -0.2) is 69.4 Å². The fourth-order valence-electron chi connectivity index (χ4n) is 4.82. The van der Waals surface area contributed by atoms with Crippen LogP contribution in [0.2, 0.25) is 0 Å². The van der Waals surface area contributed by atoms with E-state index in [4.69, 9.17) is 19.2 Å². The van der Waals surface area contributed by atoms with Gasteiger partial charge in [-0.25, -0.2) is 24.5 Å². The number of amides is 1. The molecule has 11 nitrogen and oxygen atoms in total. The van der Waals surface area contributed by atoms with Gasteiger partial charge in [0.15, 0.2) is 0 Å². The summed E-state index contributed by atoms with van der Waals surface area (Å²) in [4.78, 5) is 40.3. The maximum absolute atomic E-state index is 12.4. The predicted octanol–water partition coefficient (Wildman–Crippen LogP) is 4.71. The first-order valence-electron chi connectivity index (χ1n) is 13.8. The van der Waals surface area contributed by atoms with Crippen molar-refractivity contribution < 1.29 is 23.8 Å². The lowest BCUT2D eigenvalue weighted by Gasteiger charge is -2.39. The number of carbonyl (C=O) groups is 2. The van der Waals surface area contributed by atoms with E-state index in [1.165, 1.54) is 0 Å². The molecule has 0 spiro atoms. The number of hydrogen-bond acceptors (Lipinski definition) is 10. The van der Waals surface area contributed by atoms with Gasteiger partial charge in [-0.05, 0) is 84.7 Å². The maximum atomic E-state index is 12.4. The summed E-state index contributed by atoms with van der Waals surface area (Å²) < 4.78 is 17.2. The summed E-state index contributed by atoms with van der Waals surface area (Å²) in [5.41, 5.74) is 0.592. The molecule has 2 N–H and O–H groups in total. The highest BCUT2D eigenvalue weighted by atomic mass is 16.6. The zero-order valence-corrected chi connectivity index (χ0v) is 24.9. The number of anilines is 2. The van der Waals surface area contributed by atoms with E-state index in [1.54, 1.807) is 23.2 Å². The Bertz CT molecular complexity index is 1510. The van der Waals surface area contributed by atoms with Gasteiger partial charge < -0.3 is 29.7 Å². The number of nitrogens with zero attached hydrogens (tertiary/aromatic N) is 4. The second-order valence-electron chi connectivity index (χ2n) is 12.7. The molecule has 0 aliphatic carbocycles. The van der Waals surface area contributed by atoms with Gasteiger partial charge in [-0.15, -0.1) is 0 Å². The van der Waals surface area contributed by atoms with Crippen LogP contribution in [0.1, 0.15) is 70.1 Å². The molecule has 0 aromatic carbocycles. The molecule has 5 heterocycles. The first-order chi connectivity index (χ1) is 19.1. The summed E-state index contributed by atoms with van der Waals surface area (Å²) in [5.74, 6) is 1.26. The van der Waals surface area contributed by atoms with E-state index in [1.807, 2.05) is 53.9 Å². The van der Waals surface area contributed by atoms with E-state index in [-0.39, 0.29) is 23.7 Å². The number of cyclic esters (lactones) is 1. The molecule has 0 unspecified atom stereocenters. The molecule has 5 rings (SSSR count). The smallest absolute Gasteiger partial charge is 0.410 e. The van der Waals surface area contributed by atoms with Gasteiger partial charge in [-0.2, -0.15) is 0 Å². The Balaban J connectivity index is 1.41. The molecule has 0 radical (unpaired) electrons. The highest BCUT2D eigenvalue weighted by Gasteiger charge is 2.36. The van der Waals surface area contributed by atoms with E-state index in [0.717, 1.165) is 16.3 Å². The molecule has 1 saturated heterocycles. The van der Waals surface area contributed by atoms with Gasteiger partial charge in [0.05, 0.1) is 29.7 Å². The number of pyridine rings is 3. The minimum absolute atomic E-state index is 0.199. The van der Waals surface area contributed by atoms with Crippen LogP contribution in [-0.2, 0) is 21.4 Å². The molecule has 218 valence electrons. The van der Waals surface area contributed by atoms with Crippen molar-refractivity contribution >= 4 is 34.5 Å². The fraction of sp³-hybridized carbons (Fsp3) is 0.500. The Labute approximate surface area is 240 Å². The zero-order chi connectivity index (χ0) is 29.7. The van der Waals surface area contributed by atoms with Gasteiger partial charge in [0.2, 0.25) is 5.88 Å². The van der Waals surface area contributed by atoms with Crippen molar-refractivity contribution in [1.29, 1.82) is 0 Å². The lowest BCUT2D eigenvalue weighted by atomic mass is 9.92. The number of nitrogens with one attached hydrogen (secondary N) is 2. The first kappa shape index (κ1) is 28.5. The fourth-order valence-corrected chi connectivity index (χ4v) is 4.82. The van der Waals surface area contributed by atoms with Crippen LogP contribution >= 0.6 is 0 Å². The van der Waals surface area contributed by atoms with Gasteiger partial charge in [-0.3, -0.25) is 0 Å². The first-order valence-corrected chi connectivity index (χ1v) is 13.8. The number of likely N-dealkylation sites (tertiary alicyclic amines) is 1. The number of aromatic nitrogens is 3. The van der Waals surface area contributed by atoms with Crippen molar-refractivity contribution in [3.8, 4) is 5.88 Å². The lowest BCUT2D eigenvalue weighted by Crippen LogP contribution is -2.57. The topological polar surface area (TPSA) is 128 Å². The molecule has 1 fully saturated rings. The van der Waals surface area contributed by atoms with Gasteiger partial charge in [0, 0.05) is 24.4 Å².